The monoisotopic (exact) mass is 154 g/mol. The first-order chi connectivity index (χ1) is 4.83. The van der Waals surface area contributed by atoms with Crippen molar-refractivity contribution in [2.75, 3.05) is 7.05 Å². The van der Waals surface area contributed by atoms with Crippen LogP contribution in [-0.4, -0.2) is 27.7 Å². The first kappa shape index (κ1) is 5.97. The number of rotatable bonds is 1. The topological polar surface area (TPSA) is 24.8 Å². The Hall–Kier alpha value is -0.773. The number of hydrogen-bond acceptors (Lipinski definition) is 3. The van der Waals surface area contributed by atoms with Gasteiger partial charge in [-0.05, 0) is 12.6 Å². The summed E-state index contributed by atoms with van der Waals surface area (Å²) >= 11 is 0. The van der Waals surface area contributed by atoms with Crippen molar-refractivity contribution in [3.63, 3.8) is 0 Å². The van der Waals surface area contributed by atoms with E-state index in [9.17, 15) is 0 Å². The fraction of sp³-hybridized carbons (Fsp3) is 0.500. The molecule has 1 aliphatic heterocycles. The molecule has 1 heterocycles. The average molecular weight is 154 g/mol. The van der Waals surface area contributed by atoms with E-state index in [2.05, 4.69) is 17.7 Å². The van der Waals surface area contributed by atoms with Crippen LogP contribution in [0, 0.1) is 5.92 Å². The predicted octanol–water partition coefficient (Wildman–Crippen LogP) is -0.0925. The van der Waals surface area contributed by atoms with Crippen molar-refractivity contribution in [2.24, 2.45) is 11.0 Å². The lowest BCUT2D eigenvalue weighted by Crippen LogP contribution is -2.07. The molecule has 54 valence electrons. The zero-order chi connectivity index (χ0) is 7.14. The summed E-state index contributed by atoms with van der Waals surface area (Å²) in [5.74, 6) is 1.38. The van der Waals surface area contributed by atoms with E-state index in [1.165, 1.54) is 5.70 Å². The lowest BCUT2D eigenvalue weighted by molar-refractivity contribution is 0.469. The second-order valence-electron chi connectivity index (χ2n) is 2.46. The molecule has 3 nitrogen and oxygen atoms in total. The van der Waals surface area contributed by atoms with Crippen LogP contribution >= 0.6 is 0 Å². The van der Waals surface area contributed by atoms with E-state index in [1.54, 1.807) is 0 Å². The standard InChI is InChI=1S/C6H10N2OSi/c1-8-5-3-4(5)6(7-8)9-10-2/h3-4H,10H2,1-2H3/t4-/m0/s1. The van der Waals surface area contributed by atoms with Gasteiger partial charge in [0, 0.05) is 7.05 Å². The molecule has 0 radical (unpaired) electrons. The molecule has 0 aromatic rings. The first-order valence-corrected chi connectivity index (χ1v) is 5.49. The molecule has 0 saturated carbocycles. The highest BCUT2D eigenvalue weighted by molar-refractivity contribution is 6.29. The summed E-state index contributed by atoms with van der Waals surface area (Å²) in [4.78, 5) is 0. The molecule has 2 aliphatic rings. The van der Waals surface area contributed by atoms with Crippen LogP contribution in [0.15, 0.2) is 16.9 Å². The summed E-state index contributed by atoms with van der Waals surface area (Å²) in [5.41, 5.74) is 1.30. The Labute approximate surface area is 62.3 Å². The van der Waals surface area contributed by atoms with Crippen molar-refractivity contribution >= 4 is 15.7 Å². The van der Waals surface area contributed by atoms with Crippen molar-refractivity contribution < 1.29 is 4.43 Å². The van der Waals surface area contributed by atoms with E-state index in [-0.39, 0.29) is 9.76 Å². The molecule has 0 amide bonds. The van der Waals surface area contributed by atoms with Crippen molar-refractivity contribution in [3.8, 4) is 0 Å². The van der Waals surface area contributed by atoms with Gasteiger partial charge >= 0.3 is 0 Å². The second kappa shape index (κ2) is 1.85. The number of nitrogens with zero attached hydrogens (tertiary/aromatic N) is 2. The Morgan fingerprint density at radius 3 is 3.00 bits per heavy atom. The van der Waals surface area contributed by atoms with Gasteiger partial charge in [-0.15, -0.1) is 5.10 Å². The molecule has 1 atom stereocenters. The van der Waals surface area contributed by atoms with Crippen LogP contribution in [0.2, 0.25) is 6.55 Å². The van der Waals surface area contributed by atoms with Gasteiger partial charge in [0.2, 0.25) is 15.7 Å². The molecule has 0 aromatic carbocycles. The SMILES string of the molecule is C[SiH2]OC1=NN(C)C2=C[C@@H]21. The summed E-state index contributed by atoms with van der Waals surface area (Å²) in [6.45, 7) is 2.11. The maximum absolute atomic E-state index is 5.42. The lowest BCUT2D eigenvalue weighted by atomic mass is 10.4. The smallest absolute Gasteiger partial charge is 0.218 e. The third kappa shape index (κ3) is 0.685. The molecule has 4 heteroatoms. The lowest BCUT2D eigenvalue weighted by Gasteiger charge is -2.02. The summed E-state index contributed by atoms with van der Waals surface area (Å²) < 4.78 is 5.42. The molecule has 1 aliphatic carbocycles. The highest BCUT2D eigenvalue weighted by Crippen LogP contribution is 2.38. The Balaban J connectivity index is 2.05. The molecule has 0 saturated heterocycles. The minimum absolute atomic E-state index is 0.334. The van der Waals surface area contributed by atoms with Crippen LogP contribution in [0.1, 0.15) is 0 Å². The largest absolute Gasteiger partial charge is 0.538 e. The molecule has 2 rings (SSSR count). The molecule has 10 heavy (non-hydrogen) atoms. The van der Waals surface area contributed by atoms with Gasteiger partial charge in [-0.1, -0.05) is 0 Å². The van der Waals surface area contributed by atoms with Crippen LogP contribution in [0.25, 0.3) is 0 Å². The molecule has 0 unspecified atom stereocenters. The van der Waals surface area contributed by atoms with Gasteiger partial charge in [0.1, 0.15) is 0 Å². The fourth-order valence-corrected chi connectivity index (χ4v) is 1.70. The van der Waals surface area contributed by atoms with Crippen molar-refractivity contribution in [3.05, 3.63) is 11.8 Å². The van der Waals surface area contributed by atoms with Crippen LogP contribution < -0.4 is 0 Å². The van der Waals surface area contributed by atoms with Crippen LogP contribution in [0.3, 0.4) is 0 Å². The van der Waals surface area contributed by atoms with Gasteiger partial charge in [-0.3, -0.25) is 5.01 Å². The molecule has 0 fully saturated rings. The molecule has 0 bridgehead atoms. The summed E-state index contributed by atoms with van der Waals surface area (Å²) in [6, 6.07) is 0. The van der Waals surface area contributed by atoms with E-state index in [1.807, 2.05) is 12.1 Å². The Bertz CT molecular complexity index is 224. The van der Waals surface area contributed by atoms with Gasteiger partial charge in [0.25, 0.3) is 0 Å². The summed E-state index contributed by atoms with van der Waals surface area (Å²) in [6.07, 6.45) is 2.17. The van der Waals surface area contributed by atoms with Gasteiger partial charge in [-0.25, -0.2) is 0 Å². The minimum atomic E-state index is -0.334. The maximum atomic E-state index is 5.42. The Morgan fingerprint density at radius 1 is 1.80 bits per heavy atom. The second-order valence-corrected chi connectivity index (χ2v) is 3.33. The maximum Gasteiger partial charge on any atom is 0.218 e. The zero-order valence-electron chi connectivity index (χ0n) is 6.16. The molecule has 0 aromatic heterocycles. The first-order valence-electron chi connectivity index (χ1n) is 3.49. The average Bonchev–Trinajstić information content (AvgIpc) is 2.59. The molecular formula is C6H10N2OSi. The molecule has 0 N–H and O–H groups in total. The Morgan fingerprint density at radius 2 is 2.60 bits per heavy atom. The van der Waals surface area contributed by atoms with Gasteiger partial charge in [0.05, 0.1) is 11.6 Å². The third-order valence-electron chi connectivity index (χ3n) is 1.73. The van der Waals surface area contributed by atoms with Crippen molar-refractivity contribution in [2.45, 2.75) is 6.55 Å². The highest BCUT2D eigenvalue weighted by atomic mass is 28.2. The van der Waals surface area contributed by atoms with Crippen LogP contribution in [0.5, 0.6) is 0 Å². The molecular weight excluding hydrogens is 144 g/mol. The van der Waals surface area contributed by atoms with Gasteiger partial charge < -0.3 is 4.43 Å². The van der Waals surface area contributed by atoms with E-state index >= 15 is 0 Å². The van der Waals surface area contributed by atoms with E-state index < -0.39 is 0 Å². The number of hydrogen-bond donors (Lipinski definition) is 0. The van der Waals surface area contributed by atoms with E-state index in [4.69, 9.17) is 4.43 Å². The van der Waals surface area contributed by atoms with Crippen molar-refractivity contribution in [1.82, 2.24) is 5.01 Å². The summed E-state index contributed by atoms with van der Waals surface area (Å²) in [5, 5.41) is 6.10. The summed E-state index contributed by atoms with van der Waals surface area (Å²) in [7, 11) is 1.62. The number of hydrazone groups is 1. The van der Waals surface area contributed by atoms with E-state index in [0.29, 0.717) is 5.92 Å². The minimum Gasteiger partial charge on any atom is -0.538 e. The fourth-order valence-electron chi connectivity index (χ4n) is 1.16. The Kier molecular flexibility index (Phi) is 1.11. The highest BCUT2D eigenvalue weighted by Gasteiger charge is 2.39. The van der Waals surface area contributed by atoms with Crippen LogP contribution in [-0.2, 0) is 4.43 Å². The quantitative estimate of drug-likeness (QED) is 0.493. The van der Waals surface area contributed by atoms with Gasteiger partial charge in [0.15, 0.2) is 0 Å². The molecule has 0 spiro atoms. The normalized spacial score (nSPS) is 28.6. The van der Waals surface area contributed by atoms with Gasteiger partial charge in [-0.2, -0.15) is 0 Å². The number of fused-ring (bicyclic) bond motifs is 1. The zero-order valence-corrected chi connectivity index (χ0v) is 7.58. The third-order valence-corrected chi connectivity index (χ3v) is 2.31. The van der Waals surface area contributed by atoms with Crippen LogP contribution in [0.4, 0.5) is 0 Å². The van der Waals surface area contributed by atoms with E-state index in [0.717, 1.165) is 5.90 Å². The van der Waals surface area contributed by atoms with Crippen molar-refractivity contribution in [1.29, 1.82) is 0 Å². The predicted molar refractivity (Wildman–Crippen MR) is 42.3 cm³/mol.